The number of benzene rings is 1. The van der Waals surface area contributed by atoms with Crippen molar-refractivity contribution in [3.8, 4) is 5.69 Å². The number of hydrogen-bond donors (Lipinski definition) is 1. The molecule has 0 saturated carbocycles. The molecule has 0 atom stereocenters. The summed E-state index contributed by atoms with van der Waals surface area (Å²) in [5.74, 6) is -0.612. The number of rotatable bonds is 3. The highest BCUT2D eigenvalue weighted by molar-refractivity contribution is 6.04. The summed E-state index contributed by atoms with van der Waals surface area (Å²) >= 11 is 0. The fraction of sp³-hybridized carbons (Fsp3) is 0.211. The van der Waals surface area contributed by atoms with Crippen LogP contribution in [0.25, 0.3) is 5.69 Å². The molecule has 0 aliphatic heterocycles. The van der Waals surface area contributed by atoms with Crippen LogP contribution in [0.3, 0.4) is 0 Å². The standard InChI is InChI=1S/C19H19FN4O/c1-11-9-13(3)21-14(4)17(11)22-19(25)18-12(2)10-24(23-18)16-7-5-15(20)6-8-16/h5-10H,1-4H3,(H,22,25). The molecule has 5 nitrogen and oxygen atoms in total. The summed E-state index contributed by atoms with van der Waals surface area (Å²) in [7, 11) is 0. The van der Waals surface area contributed by atoms with Crippen molar-refractivity contribution in [1.82, 2.24) is 14.8 Å². The Morgan fingerprint density at radius 3 is 2.40 bits per heavy atom. The van der Waals surface area contributed by atoms with Crippen LogP contribution in [0, 0.1) is 33.5 Å². The number of aryl methyl sites for hydroxylation is 4. The first-order valence-electron chi connectivity index (χ1n) is 7.93. The van der Waals surface area contributed by atoms with Gasteiger partial charge in [-0.2, -0.15) is 5.10 Å². The number of nitrogens with zero attached hydrogens (tertiary/aromatic N) is 3. The summed E-state index contributed by atoms with van der Waals surface area (Å²) in [5, 5.41) is 7.24. The van der Waals surface area contributed by atoms with Crippen LogP contribution in [-0.2, 0) is 0 Å². The Labute approximate surface area is 145 Å². The van der Waals surface area contributed by atoms with E-state index in [1.165, 1.54) is 12.1 Å². The second-order valence-electron chi connectivity index (χ2n) is 6.08. The molecule has 0 saturated heterocycles. The van der Waals surface area contributed by atoms with Crippen LogP contribution in [0.5, 0.6) is 0 Å². The zero-order valence-electron chi connectivity index (χ0n) is 14.6. The minimum atomic E-state index is -0.316. The van der Waals surface area contributed by atoms with Crippen LogP contribution in [0.1, 0.15) is 33.0 Å². The predicted molar refractivity (Wildman–Crippen MR) is 94.7 cm³/mol. The van der Waals surface area contributed by atoms with Gasteiger partial charge in [-0.05, 0) is 63.6 Å². The molecule has 3 aromatic rings. The molecule has 0 aliphatic rings. The van der Waals surface area contributed by atoms with Gasteiger partial charge in [0.05, 0.1) is 17.1 Å². The van der Waals surface area contributed by atoms with E-state index in [1.807, 2.05) is 33.8 Å². The van der Waals surface area contributed by atoms with E-state index in [0.29, 0.717) is 17.1 Å². The molecule has 1 aromatic carbocycles. The number of carbonyl (C=O) groups excluding carboxylic acids is 1. The fourth-order valence-corrected chi connectivity index (χ4v) is 2.80. The first-order chi connectivity index (χ1) is 11.8. The molecule has 2 heterocycles. The van der Waals surface area contributed by atoms with Crippen LogP contribution in [-0.4, -0.2) is 20.7 Å². The molecule has 1 N–H and O–H groups in total. The molecule has 6 heteroatoms. The number of amides is 1. The number of nitrogens with one attached hydrogen (secondary N) is 1. The molecule has 3 rings (SSSR count). The Balaban J connectivity index is 1.90. The summed E-state index contributed by atoms with van der Waals surface area (Å²) in [4.78, 5) is 17.0. The third-order valence-electron chi connectivity index (χ3n) is 3.97. The minimum Gasteiger partial charge on any atom is -0.319 e. The average molecular weight is 338 g/mol. The van der Waals surface area contributed by atoms with Gasteiger partial charge in [0.15, 0.2) is 5.69 Å². The zero-order chi connectivity index (χ0) is 18.1. The smallest absolute Gasteiger partial charge is 0.276 e. The van der Waals surface area contributed by atoms with E-state index in [4.69, 9.17) is 0 Å². The lowest BCUT2D eigenvalue weighted by Gasteiger charge is -2.11. The van der Waals surface area contributed by atoms with Crippen molar-refractivity contribution in [3.63, 3.8) is 0 Å². The molecule has 0 bridgehead atoms. The fourth-order valence-electron chi connectivity index (χ4n) is 2.80. The molecule has 128 valence electrons. The van der Waals surface area contributed by atoms with Gasteiger partial charge >= 0.3 is 0 Å². The third-order valence-corrected chi connectivity index (χ3v) is 3.97. The lowest BCUT2D eigenvalue weighted by Crippen LogP contribution is -2.16. The van der Waals surface area contributed by atoms with Gasteiger partial charge in [-0.25, -0.2) is 9.07 Å². The highest BCUT2D eigenvalue weighted by Gasteiger charge is 2.17. The molecule has 2 aromatic heterocycles. The van der Waals surface area contributed by atoms with Crippen molar-refractivity contribution in [1.29, 1.82) is 0 Å². The summed E-state index contributed by atoms with van der Waals surface area (Å²) in [6, 6.07) is 7.86. The summed E-state index contributed by atoms with van der Waals surface area (Å²) < 4.78 is 14.6. The number of carbonyl (C=O) groups is 1. The summed E-state index contributed by atoms with van der Waals surface area (Å²) in [6.07, 6.45) is 1.75. The van der Waals surface area contributed by atoms with Gasteiger partial charge in [-0.15, -0.1) is 0 Å². The number of aromatic nitrogens is 3. The topological polar surface area (TPSA) is 59.8 Å². The minimum absolute atomic E-state index is 0.296. The van der Waals surface area contributed by atoms with Crippen LogP contribution in [0.4, 0.5) is 10.1 Å². The monoisotopic (exact) mass is 338 g/mol. The van der Waals surface area contributed by atoms with Crippen molar-refractivity contribution < 1.29 is 9.18 Å². The number of halogens is 1. The molecule has 0 fully saturated rings. The lowest BCUT2D eigenvalue weighted by atomic mass is 10.1. The number of anilines is 1. The normalized spacial score (nSPS) is 10.8. The summed E-state index contributed by atoms with van der Waals surface area (Å²) in [5.41, 5.74) is 5.07. The quantitative estimate of drug-likeness (QED) is 0.788. The van der Waals surface area contributed by atoms with E-state index in [2.05, 4.69) is 15.4 Å². The van der Waals surface area contributed by atoms with Gasteiger partial charge in [-0.3, -0.25) is 9.78 Å². The highest BCUT2D eigenvalue weighted by Crippen LogP contribution is 2.21. The van der Waals surface area contributed by atoms with Crippen molar-refractivity contribution in [2.75, 3.05) is 5.32 Å². The summed E-state index contributed by atoms with van der Waals surface area (Å²) in [6.45, 7) is 7.52. The SMILES string of the molecule is Cc1cc(C)c(NC(=O)c2nn(-c3ccc(F)cc3)cc2C)c(C)n1. The second-order valence-corrected chi connectivity index (χ2v) is 6.08. The molecule has 0 radical (unpaired) electrons. The average Bonchev–Trinajstić information content (AvgIpc) is 2.93. The van der Waals surface area contributed by atoms with Crippen molar-refractivity contribution in [2.24, 2.45) is 0 Å². The molecule has 25 heavy (non-hydrogen) atoms. The maximum atomic E-state index is 13.1. The van der Waals surface area contributed by atoms with Crippen molar-refractivity contribution in [3.05, 3.63) is 70.6 Å². The lowest BCUT2D eigenvalue weighted by molar-refractivity contribution is 0.102. The molecule has 0 aliphatic carbocycles. The molecule has 0 spiro atoms. The second kappa shape index (κ2) is 6.47. The molecule has 1 amide bonds. The number of pyridine rings is 1. The maximum absolute atomic E-state index is 13.1. The Bertz CT molecular complexity index is 922. The largest absolute Gasteiger partial charge is 0.319 e. The third kappa shape index (κ3) is 3.42. The van der Waals surface area contributed by atoms with E-state index in [9.17, 15) is 9.18 Å². The van der Waals surface area contributed by atoms with E-state index in [0.717, 1.165) is 22.5 Å². The highest BCUT2D eigenvalue weighted by atomic mass is 19.1. The van der Waals surface area contributed by atoms with E-state index in [-0.39, 0.29) is 11.7 Å². The van der Waals surface area contributed by atoms with Gasteiger partial charge in [0.1, 0.15) is 5.82 Å². The van der Waals surface area contributed by atoms with Gasteiger partial charge < -0.3 is 5.32 Å². The molecular weight excluding hydrogens is 319 g/mol. The van der Waals surface area contributed by atoms with E-state index < -0.39 is 0 Å². The van der Waals surface area contributed by atoms with Gasteiger partial charge in [0, 0.05) is 17.5 Å². The Hall–Kier alpha value is -3.02. The van der Waals surface area contributed by atoms with Crippen LogP contribution in [0.15, 0.2) is 36.5 Å². The van der Waals surface area contributed by atoms with Crippen LogP contribution >= 0.6 is 0 Å². The molecule has 0 unspecified atom stereocenters. The van der Waals surface area contributed by atoms with Crippen molar-refractivity contribution in [2.45, 2.75) is 27.7 Å². The maximum Gasteiger partial charge on any atom is 0.276 e. The van der Waals surface area contributed by atoms with E-state index >= 15 is 0 Å². The Morgan fingerprint density at radius 2 is 1.76 bits per heavy atom. The van der Waals surface area contributed by atoms with Crippen LogP contribution in [0.2, 0.25) is 0 Å². The zero-order valence-corrected chi connectivity index (χ0v) is 14.6. The predicted octanol–water partition coefficient (Wildman–Crippen LogP) is 3.89. The first kappa shape index (κ1) is 16.8. The van der Waals surface area contributed by atoms with Gasteiger partial charge in [0.25, 0.3) is 5.91 Å². The van der Waals surface area contributed by atoms with Gasteiger partial charge in [-0.1, -0.05) is 0 Å². The Kier molecular flexibility index (Phi) is 4.35. The number of hydrogen-bond acceptors (Lipinski definition) is 3. The Morgan fingerprint density at radius 1 is 1.08 bits per heavy atom. The van der Waals surface area contributed by atoms with E-state index in [1.54, 1.807) is 23.0 Å². The molecular formula is C19H19FN4O. The van der Waals surface area contributed by atoms with Crippen LogP contribution < -0.4 is 5.32 Å². The van der Waals surface area contributed by atoms with Gasteiger partial charge in [0.2, 0.25) is 0 Å². The van der Waals surface area contributed by atoms with Crippen molar-refractivity contribution >= 4 is 11.6 Å². The first-order valence-corrected chi connectivity index (χ1v) is 7.93.